The third-order valence-corrected chi connectivity index (χ3v) is 6.75. The normalized spacial score (nSPS) is 12.6. The zero-order valence-corrected chi connectivity index (χ0v) is 15.6. The van der Waals surface area contributed by atoms with Crippen molar-refractivity contribution in [1.82, 2.24) is 4.72 Å². The van der Waals surface area contributed by atoms with Crippen molar-refractivity contribution in [3.8, 4) is 0 Å². The van der Waals surface area contributed by atoms with Crippen molar-refractivity contribution in [3.63, 3.8) is 0 Å². The minimum Gasteiger partial charge on any atom is -0.468 e. The van der Waals surface area contributed by atoms with Crippen LogP contribution in [-0.2, 0) is 19.5 Å². The van der Waals surface area contributed by atoms with Gasteiger partial charge in [-0.2, -0.15) is 0 Å². The molecule has 0 unspecified atom stereocenters. The van der Waals surface area contributed by atoms with Crippen LogP contribution in [0.4, 0.5) is 0 Å². The molecule has 8 nitrogen and oxygen atoms in total. The largest absolute Gasteiger partial charge is 0.468 e. The first kappa shape index (κ1) is 19.2. The lowest BCUT2D eigenvalue weighted by Crippen LogP contribution is -2.27. The van der Waals surface area contributed by atoms with Gasteiger partial charge in [-0.1, -0.05) is 0 Å². The predicted molar refractivity (Wildman–Crippen MR) is 89.2 cm³/mol. The first-order chi connectivity index (χ1) is 11.7. The summed E-state index contributed by atoms with van der Waals surface area (Å²) < 4.78 is 42.1. The molecular formula is C15H17NO7S2. The minimum absolute atomic E-state index is 0.0222. The van der Waals surface area contributed by atoms with Gasteiger partial charge in [0.05, 0.1) is 32.1 Å². The van der Waals surface area contributed by atoms with Crippen molar-refractivity contribution in [2.45, 2.75) is 24.1 Å². The molecule has 0 spiro atoms. The lowest BCUT2D eigenvalue weighted by atomic mass is 10.2. The summed E-state index contributed by atoms with van der Waals surface area (Å²) in [7, 11) is -1.81. The molecule has 0 radical (unpaired) electrons. The molecule has 0 saturated carbocycles. The maximum atomic E-state index is 12.8. The number of hydrogen-bond acceptors (Lipinski definition) is 8. The number of sulfonamides is 1. The SMILES string of the molecule is COC(=O)c1sc(S(=O)(=O)N[C@H](C)c2ccco2)c(C(=O)OC)c1C. The van der Waals surface area contributed by atoms with E-state index >= 15 is 0 Å². The van der Waals surface area contributed by atoms with Gasteiger partial charge in [-0.15, -0.1) is 11.3 Å². The molecule has 0 aliphatic carbocycles. The number of ether oxygens (including phenoxy) is 2. The highest BCUT2D eigenvalue weighted by molar-refractivity contribution is 7.91. The summed E-state index contributed by atoms with van der Waals surface area (Å²) in [6.45, 7) is 3.06. The molecule has 10 heteroatoms. The number of esters is 2. The predicted octanol–water partition coefficient (Wildman–Crippen LogP) is 2.26. The number of nitrogens with one attached hydrogen (secondary N) is 1. The van der Waals surface area contributed by atoms with E-state index in [1.165, 1.54) is 20.3 Å². The molecule has 0 aromatic carbocycles. The third kappa shape index (κ3) is 3.75. The number of thiophene rings is 1. The molecule has 1 N–H and O–H groups in total. The summed E-state index contributed by atoms with van der Waals surface area (Å²) in [5.41, 5.74) is 0.00164. The summed E-state index contributed by atoms with van der Waals surface area (Å²) >= 11 is 0.652. The monoisotopic (exact) mass is 387 g/mol. The van der Waals surface area contributed by atoms with Crippen LogP contribution in [-0.4, -0.2) is 34.6 Å². The van der Waals surface area contributed by atoms with E-state index in [-0.39, 0.29) is 20.2 Å². The number of furan rings is 1. The molecule has 2 heterocycles. The first-order valence-corrected chi connectivity index (χ1v) is 9.38. The van der Waals surface area contributed by atoms with Crippen LogP contribution in [0.25, 0.3) is 0 Å². The van der Waals surface area contributed by atoms with E-state index in [9.17, 15) is 18.0 Å². The van der Waals surface area contributed by atoms with Crippen LogP contribution in [0.3, 0.4) is 0 Å². The van der Waals surface area contributed by atoms with Crippen LogP contribution in [0.5, 0.6) is 0 Å². The second-order valence-corrected chi connectivity index (χ2v) is 7.99. The number of rotatable bonds is 6. The van der Waals surface area contributed by atoms with Crippen molar-refractivity contribution < 1.29 is 31.9 Å². The van der Waals surface area contributed by atoms with Gasteiger partial charge in [0.1, 0.15) is 10.6 Å². The zero-order chi connectivity index (χ0) is 18.8. The second kappa shape index (κ2) is 7.38. The molecule has 0 saturated heterocycles. The third-order valence-electron chi connectivity index (χ3n) is 3.42. The van der Waals surface area contributed by atoms with Gasteiger partial charge in [0.25, 0.3) is 10.0 Å². The van der Waals surface area contributed by atoms with Gasteiger partial charge >= 0.3 is 11.9 Å². The smallest absolute Gasteiger partial charge is 0.348 e. The molecular weight excluding hydrogens is 370 g/mol. The molecule has 25 heavy (non-hydrogen) atoms. The summed E-state index contributed by atoms with van der Waals surface area (Å²) in [5, 5.41) is 0. The van der Waals surface area contributed by atoms with Crippen LogP contribution in [0.15, 0.2) is 27.0 Å². The molecule has 2 aromatic heterocycles. The van der Waals surface area contributed by atoms with Gasteiger partial charge in [0, 0.05) is 0 Å². The van der Waals surface area contributed by atoms with E-state index in [1.807, 2.05) is 0 Å². The first-order valence-electron chi connectivity index (χ1n) is 7.08. The average Bonchev–Trinajstić information content (AvgIpc) is 3.21. The van der Waals surface area contributed by atoms with Crippen molar-refractivity contribution in [1.29, 1.82) is 0 Å². The van der Waals surface area contributed by atoms with Crippen LogP contribution >= 0.6 is 11.3 Å². The van der Waals surface area contributed by atoms with Crippen LogP contribution < -0.4 is 4.72 Å². The Kier molecular flexibility index (Phi) is 5.65. The maximum absolute atomic E-state index is 12.8. The maximum Gasteiger partial charge on any atom is 0.348 e. The van der Waals surface area contributed by atoms with E-state index < -0.39 is 28.0 Å². The number of carbonyl (C=O) groups excluding carboxylic acids is 2. The van der Waals surface area contributed by atoms with E-state index in [4.69, 9.17) is 4.42 Å². The van der Waals surface area contributed by atoms with E-state index in [2.05, 4.69) is 14.2 Å². The lowest BCUT2D eigenvalue weighted by molar-refractivity contribution is 0.0596. The highest BCUT2D eigenvalue weighted by Crippen LogP contribution is 2.34. The van der Waals surface area contributed by atoms with E-state index in [0.29, 0.717) is 17.1 Å². The Bertz CT molecular complexity index is 881. The summed E-state index contributed by atoms with van der Waals surface area (Å²) in [6, 6.07) is 2.58. The Morgan fingerprint density at radius 3 is 2.40 bits per heavy atom. The molecule has 1 atom stereocenters. The van der Waals surface area contributed by atoms with Crippen molar-refractivity contribution in [2.75, 3.05) is 14.2 Å². The highest BCUT2D eigenvalue weighted by atomic mass is 32.2. The molecule has 0 amide bonds. The van der Waals surface area contributed by atoms with Gasteiger partial charge in [-0.05, 0) is 31.5 Å². The summed E-state index contributed by atoms with van der Waals surface area (Å²) in [4.78, 5) is 23.9. The topological polar surface area (TPSA) is 112 Å². The molecule has 2 aromatic rings. The van der Waals surface area contributed by atoms with Gasteiger partial charge in [-0.3, -0.25) is 0 Å². The Labute approximate surface area is 148 Å². The number of carbonyl (C=O) groups is 2. The average molecular weight is 387 g/mol. The van der Waals surface area contributed by atoms with Crippen molar-refractivity contribution in [2.24, 2.45) is 0 Å². The van der Waals surface area contributed by atoms with Crippen molar-refractivity contribution >= 4 is 33.3 Å². The zero-order valence-electron chi connectivity index (χ0n) is 14.0. The van der Waals surface area contributed by atoms with Gasteiger partial charge in [0.2, 0.25) is 0 Å². The Morgan fingerprint density at radius 1 is 1.24 bits per heavy atom. The number of methoxy groups -OCH3 is 2. The molecule has 136 valence electrons. The minimum atomic E-state index is -4.11. The van der Waals surface area contributed by atoms with E-state index in [1.54, 1.807) is 19.1 Å². The lowest BCUT2D eigenvalue weighted by Gasteiger charge is -2.12. The summed E-state index contributed by atoms with van der Waals surface area (Å²) in [5.74, 6) is -1.17. The fraction of sp³-hybridized carbons (Fsp3) is 0.333. The van der Waals surface area contributed by atoms with Gasteiger partial charge < -0.3 is 13.9 Å². The molecule has 2 rings (SSSR count). The van der Waals surface area contributed by atoms with E-state index in [0.717, 1.165) is 7.11 Å². The highest BCUT2D eigenvalue weighted by Gasteiger charge is 2.33. The molecule has 0 aliphatic heterocycles. The quantitative estimate of drug-likeness (QED) is 0.757. The second-order valence-electron chi connectivity index (χ2n) is 5.06. The molecule has 0 aliphatic rings. The van der Waals surface area contributed by atoms with Crippen LogP contribution in [0, 0.1) is 6.92 Å². The van der Waals surface area contributed by atoms with Crippen LogP contribution in [0.1, 0.15) is 44.3 Å². The fourth-order valence-electron chi connectivity index (χ4n) is 2.18. The fourth-order valence-corrected chi connectivity index (χ4v) is 5.16. The van der Waals surface area contributed by atoms with Crippen LogP contribution in [0.2, 0.25) is 0 Å². The Morgan fingerprint density at radius 2 is 1.88 bits per heavy atom. The Hall–Kier alpha value is -2.17. The molecule has 0 bridgehead atoms. The summed E-state index contributed by atoms with van der Waals surface area (Å²) in [6.07, 6.45) is 1.42. The van der Waals surface area contributed by atoms with Gasteiger partial charge in [0.15, 0.2) is 4.21 Å². The number of hydrogen-bond donors (Lipinski definition) is 1. The molecule has 0 fully saturated rings. The standard InChI is InChI=1S/C15H17NO7S2/c1-8-11(13(17)21-3)15(24-12(8)14(18)22-4)25(19,20)16-9(2)10-6-5-7-23-10/h5-7,9,16H,1-4H3/t9-/m1/s1. The van der Waals surface area contributed by atoms with Gasteiger partial charge in [-0.25, -0.2) is 22.7 Å². The van der Waals surface area contributed by atoms with Crippen molar-refractivity contribution in [3.05, 3.63) is 40.2 Å². The Balaban J connectivity index is 2.52.